The largest absolute Gasteiger partial charge is 0.491 e. The van der Waals surface area contributed by atoms with Crippen molar-refractivity contribution in [2.75, 3.05) is 19.3 Å². The molecule has 1 fully saturated rings. The lowest BCUT2D eigenvalue weighted by atomic mass is 9.77. The number of rotatable bonds is 4. The van der Waals surface area contributed by atoms with Gasteiger partial charge in [0.05, 0.1) is 21.4 Å². The number of nitrogen functional groups attached to an aromatic ring is 1. The predicted molar refractivity (Wildman–Crippen MR) is 102 cm³/mol. The number of nitrogens with zero attached hydrogens (tertiary/aromatic N) is 1. The molecule has 1 aromatic heterocycles. The molecule has 0 unspecified atom stereocenters. The van der Waals surface area contributed by atoms with E-state index in [2.05, 4.69) is 56.2 Å². The second-order valence-electron chi connectivity index (χ2n) is 7.12. The molecule has 0 saturated carbocycles. The van der Waals surface area contributed by atoms with Crippen molar-refractivity contribution in [2.45, 2.75) is 38.9 Å². The molecule has 7 heteroatoms. The Morgan fingerprint density at radius 2 is 1.96 bits per heavy atom. The second kappa shape index (κ2) is 6.15. The standard InChI is InChI=1S/C17H24BN3O2S/c1-16(2)17(3,4)23-18(22-16)12(10-20-5)8-11-6-7-14-13(9-11)21-15(19)24-14/h6-9,20H,10H2,1-5H3,(H2,19,21). The summed E-state index contributed by atoms with van der Waals surface area (Å²) in [6.07, 6.45) is 2.10. The van der Waals surface area contributed by atoms with Crippen LogP contribution in [0.25, 0.3) is 16.3 Å². The van der Waals surface area contributed by atoms with Crippen molar-refractivity contribution in [3.63, 3.8) is 0 Å². The predicted octanol–water partition coefficient (Wildman–Crippen LogP) is 3.11. The number of benzene rings is 1. The van der Waals surface area contributed by atoms with Gasteiger partial charge in [0.25, 0.3) is 0 Å². The Labute approximate surface area is 147 Å². The van der Waals surface area contributed by atoms with E-state index in [-0.39, 0.29) is 18.3 Å². The molecule has 1 aromatic carbocycles. The fraction of sp³-hybridized carbons (Fsp3) is 0.471. The maximum Gasteiger partial charge on any atom is 0.491 e. The number of likely N-dealkylation sites (N-methyl/N-ethyl adjacent to an activating group) is 1. The molecule has 5 nitrogen and oxygen atoms in total. The molecule has 0 radical (unpaired) electrons. The molecule has 3 rings (SSSR count). The van der Waals surface area contributed by atoms with Crippen LogP contribution in [0, 0.1) is 0 Å². The fourth-order valence-corrected chi connectivity index (χ4v) is 3.38. The summed E-state index contributed by atoms with van der Waals surface area (Å²) in [5.41, 5.74) is 8.13. The molecule has 3 N–H and O–H groups in total. The Kier molecular flexibility index (Phi) is 4.46. The molecule has 2 heterocycles. The van der Waals surface area contributed by atoms with E-state index in [1.54, 1.807) is 0 Å². The smallest absolute Gasteiger partial charge is 0.400 e. The van der Waals surface area contributed by atoms with Crippen LogP contribution in [0.15, 0.2) is 23.7 Å². The van der Waals surface area contributed by atoms with Crippen LogP contribution in [0.3, 0.4) is 0 Å². The monoisotopic (exact) mass is 345 g/mol. The summed E-state index contributed by atoms with van der Waals surface area (Å²) in [7, 11) is 1.56. The summed E-state index contributed by atoms with van der Waals surface area (Å²) in [4.78, 5) is 4.36. The number of anilines is 1. The van der Waals surface area contributed by atoms with E-state index in [1.165, 1.54) is 11.3 Å². The van der Waals surface area contributed by atoms with Crippen molar-refractivity contribution in [3.8, 4) is 0 Å². The highest BCUT2D eigenvalue weighted by atomic mass is 32.1. The zero-order valence-electron chi connectivity index (χ0n) is 14.8. The Bertz CT molecular complexity index is 769. The number of hydrogen-bond donors (Lipinski definition) is 2. The van der Waals surface area contributed by atoms with E-state index < -0.39 is 0 Å². The molecule has 1 saturated heterocycles. The average molecular weight is 345 g/mol. The van der Waals surface area contributed by atoms with Gasteiger partial charge in [0.15, 0.2) is 5.13 Å². The second-order valence-corrected chi connectivity index (χ2v) is 8.18. The van der Waals surface area contributed by atoms with Gasteiger partial charge in [-0.05, 0) is 57.9 Å². The first-order chi connectivity index (χ1) is 11.2. The lowest BCUT2D eigenvalue weighted by Crippen LogP contribution is -2.41. The fourth-order valence-electron chi connectivity index (χ4n) is 2.67. The molecule has 0 aliphatic carbocycles. The van der Waals surface area contributed by atoms with E-state index in [0.29, 0.717) is 11.7 Å². The highest BCUT2D eigenvalue weighted by Crippen LogP contribution is 2.38. The Morgan fingerprint density at radius 1 is 1.29 bits per heavy atom. The van der Waals surface area contributed by atoms with Crippen LogP contribution in [0.1, 0.15) is 33.3 Å². The molecule has 1 aliphatic rings. The third-order valence-electron chi connectivity index (χ3n) is 4.72. The van der Waals surface area contributed by atoms with Crippen molar-refractivity contribution in [1.82, 2.24) is 10.3 Å². The summed E-state index contributed by atoms with van der Waals surface area (Å²) < 4.78 is 13.4. The number of thiazole rings is 1. The first-order valence-electron chi connectivity index (χ1n) is 8.08. The number of fused-ring (bicyclic) bond motifs is 1. The van der Waals surface area contributed by atoms with Gasteiger partial charge >= 0.3 is 7.12 Å². The molecular formula is C17H24BN3O2S. The van der Waals surface area contributed by atoms with E-state index in [1.807, 2.05) is 13.1 Å². The molecule has 24 heavy (non-hydrogen) atoms. The van der Waals surface area contributed by atoms with Gasteiger partial charge in [0.2, 0.25) is 0 Å². The summed E-state index contributed by atoms with van der Waals surface area (Å²) in [5.74, 6) is 0. The molecule has 2 aromatic rings. The van der Waals surface area contributed by atoms with Crippen LogP contribution in [0.5, 0.6) is 0 Å². The highest BCUT2D eigenvalue weighted by molar-refractivity contribution is 7.22. The quantitative estimate of drug-likeness (QED) is 0.834. The van der Waals surface area contributed by atoms with E-state index in [4.69, 9.17) is 15.0 Å². The van der Waals surface area contributed by atoms with Crippen LogP contribution in [0.4, 0.5) is 5.13 Å². The summed E-state index contributed by atoms with van der Waals surface area (Å²) in [5, 5.41) is 3.79. The minimum absolute atomic E-state index is 0.349. The zero-order chi connectivity index (χ0) is 17.5. The summed E-state index contributed by atoms with van der Waals surface area (Å²) in [6.45, 7) is 8.94. The van der Waals surface area contributed by atoms with E-state index in [9.17, 15) is 0 Å². The zero-order valence-corrected chi connectivity index (χ0v) is 15.7. The number of nitrogens with one attached hydrogen (secondary N) is 1. The molecule has 0 bridgehead atoms. The van der Waals surface area contributed by atoms with Gasteiger partial charge in [-0.25, -0.2) is 4.98 Å². The van der Waals surface area contributed by atoms with Gasteiger partial charge in [-0.1, -0.05) is 23.5 Å². The van der Waals surface area contributed by atoms with Gasteiger partial charge < -0.3 is 20.4 Å². The highest BCUT2D eigenvalue weighted by Gasteiger charge is 2.52. The third-order valence-corrected chi connectivity index (χ3v) is 5.58. The van der Waals surface area contributed by atoms with Crippen LogP contribution in [0.2, 0.25) is 0 Å². The number of hydrogen-bond acceptors (Lipinski definition) is 6. The van der Waals surface area contributed by atoms with Crippen molar-refractivity contribution in [1.29, 1.82) is 0 Å². The Morgan fingerprint density at radius 3 is 2.58 bits per heavy atom. The van der Waals surface area contributed by atoms with Crippen LogP contribution >= 0.6 is 11.3 Å². The van der Waals surface area contributed by atoms with Crippen LogP contribution in [-0.2, 0) is 9.31 Å². The molecule has 1 aliphatic heterocycles. The van der Waals surface area contributed by atoms with E-state index >= 15 is 0 Å². The SMILES string of the molecule is CNCC(=Cc1ccc2sc(N)nc2c1)B1OC(C)(C)C(C)(C)O1. The Balaban J connectivity index is 1.93. The topological polar surface area (TPSA) is 69.4 Å². The maximum absolute atomic E-state index is 6.18. The molecule has 0 atom stereocenters. The van der Waals surface area contributed by atoms with Crippen LogP contribution in [-0.4, -0.2) is 36.9 Å². The van der Waals surface area contributed by atoms with Crippen molar-refractivity contribution >= 4 is 39.9 Å². The number of nitrogens with two attached hydrogens (primary N) is 1. The Hall–Kier alpha value is -1.41. The molecular weight excluding hydrogens is 321 g/mol. The molecule has 0 amide bonds. The van der Waals surface area contributed by atoms with Gasteiger partial charge in [-0.3, -0.25) is 0 Å². The summed E-state index contributed by atoms with van der Waals surface area (Å²) in [6, 6.07) is 6.17. The maximum atomic E-state index is 6.18. The van der Waals surface area contributed by atoms with Gasteiger partial charge in [0, 0.05) is 6.54 Å². The average Bonchev–Trinajstić information content (AvgIpc) is 2.94. The third kappa shape index (κ3) is 3.21. The van der Waals surface area contributed by atoms with Crippen LogP contribution < -0.4 is 11.1 Å². The first kappa shape index (κ1) is 17.4. The lowest BCUT2D eigenvalue weighted by molar-refractivity contribution is 0.00578. The van der Waals surface area contributed by atoms with Gasteiger partial charge in [-0.2, -0.15) is 0 Å². The minimum Gasteiger partial charge on any atom is -0.400 e. The van der Waals surface area contributed by atoms with Crippen molar-refractivity contribution in [2.24, 2.45) is 0 Å². The van der Waals surface area contributed by atoms with Gasteiger partial charge in [0.1, 0.15) is 0 Å². The molecule has 128 valence electrons. The lowest BCUT2D eigenvalue weighted by Gasteiger charge is -2.32. The van der Waals surface area contributed by atoms with Gasteiger partial charge in [-0.15, -0.1) is 0 Å². The number of aromatic nitrogens is 1. The normalized spacial score (nSPS) is 20.0. The molecule has 0 spiro atoms. The van der Waals surface area contributed by atoms with E-state index in [0.717, 1.165) is 21.3 Å². The van der Waals surface area contributed by atoms with Crippen molar-refractivity contribution < 1.29 is 9.31 Å². The van der Waals surface area contributed by atoms with Crippen molar-refractivity contribution in [3.05, 3.63) is 29.2 Å². The minimum atomic E-state index is -0.362. The summed E-state index contributed by atoms with van der Waals surface area (Å²) >= 11 is 1.50. The first-order valence-corrected chi connectivity index (χ1v) is 8.90.